The molecule has 4 atom stereocenters. The second kappa shape index (κ2) is 6.76. The number of hydrogen-bond donors (Lipinski definition) is 2. The number of fused-ring (bicyclic) bond motifs is 4. The Bertz CT molecular complexity index is 1080. The smallest absolute Gasteiger partial charge is 0.250 e. The molecular weight excluding hydrogens is 390 g/mol. The monoisotopic (exact) mass is 415 g/mol. The molecule has 3 aliphatic heterocycles. The van der Waals surface area contributed by atoms with Gasteiger partial charge in [-0.05, 0) is 30.9 Å². The van der Waals surface area contributed by atoms with Crippen molar-refractivity contribution < 1.29 is 14.4 Å². The van der Waals surface area contributed by atoms with Crippen molar-refractivity contribution in [1.29, 1.82) is 0 Å². The van der Waals surface area contributed by atoms with Crippen LogP contribution in [0.25, 0.3) is 0 Å². The molecule has 158 valence electrons. The van der Waals surface area contributed by atoms with Crippen molar-refractivity contribution in [3.8, 4) is 0 Å². The van der Waals surface area contributed by atoms with Crippen LogP contribution in [0.1, 0.15) is 36.8 Å². The summed E-state index contributed by atoms with van der Waals surface area (Å²) in [5.74, 6) is -1.77. The first-order valence-corrected chi connectivity index (χ1v) is 11.2. The van der Waals surface area contributed by atoms with E-state index in [4.69, 9.17) is 0 Å². The van der Waals surface area contributed by atoms with E-state index in [9.17, 15) is 14.4 Å². The molecule has 3 amide bonds. The Hall–Kier alpha value is -2.99. The van der Waals surface area contributed by atoms with Crippen LogP contribution < -0.4 is 10.6 Å². The number of carbonyl (C=O) groups excluding carboxylic acids is 3. The number of amides is 3. The van der Waals surface area contributed by atoms with Crippen LogP contribution in [0, 0.1) is 11.8 Å². The topological polar surface area (TPSA) is 78.5 Å². The summed E-state index contributed by atoms with van der Waals surface area (Å²) in [5, 5.41) is 6.48. The van der Waals surface area contributed by atoms with Gasteiger partial charge in [-0.25, -0.2) is 0 Å². The maximum Gasteiger partial charge on any atom is 0.250 e. The average molecular weight is 415 g/mol. The van der Waals surface area contributed by atoms with Crippen LogP contribution in [-0.4, -0.2) is 34.7 Å². The Morgan fingerprint density at radius 2 is 1.61 bits per heavy atom. The first kappa shape index (κ1) is 18.8. The van der Waals surface area contributed by atoms with Gasteiger partial charge in [0.15, 0.2) is 0 Å². The van der Waals surface area contributed by atoms with Crippen molar-refractivity contribution >= 4 is 23.4 Å². The van der Waals surface area contributed by atoms with Crippen LogP contribution in [0.2, 0.25) is 0 Å². The van der Waals surface area contributed by atoms with Gasteiger partial charge >= 0.3 is 0 Å². The molecule has 2 saturated heterocycles. The van der Waals surface area contributed by atoms with Gasteiger partial charge < -0.3 is 5.32 Å². The highest BCUT2D eigenvalue weighted by Crippen LogP contribution is 2.54. The highest BCUT2D eigenvalue weighted by atomic mass is 16.2. The van der Waals surface area contributed by atoms with E-state index in [2.05, 4.69) is 10.6 Å². The minimum Gasteiger partial charge on any atom is -0.324 e. The fourth-order valence-electron chi connectivity index (χ4n) is 6.35. The van der Waals surface area contributed by atoms with E-state index in [1.54, 1.807) is 0 Å². The molecule has 0 aromatic heterocycles. The molecule has 1 spiro atoms. The predicted octanol–water partition coefficient (Wildman–Crippen LogP) is 2.59. The van der Waals surface area contributed by atoms with Crippen molar-refractivity contribution in [2.45, 2.75) is 49.7 Å². The maximum absolute atomic E-state index is 13.8. The number of imide groups is 1. The third kappa shape index (κ3) is 2.51. The van der Waals surface area contributed by atoms with Gasteiger partial charge in [0.2, 0.25) is 17.7 Å². The van der Waals surface area contributed by atoms with Crippen molar-refractivity contribution in [3.05, 3.63) is 65.7 Å². The lowest BCUT2D eigenvalue weighted by Gasteiger charge is -2.31. The first-order valence-electron chi connectivity index (χ1n) is 11.2. The first-order chi connectivity index (χ1) is 15.1. The molecule has 6 nitrogen and oxygen atoms in total. The molecule has 31 heavy (non-hydrogen) atoms. The van der Waals surface area contributed by atoms with Gasteiger partial charge in [0.25, 0.3) is 0 Å². The molecule has 6 heteroatoms. The summed E-state index contributed by atoms with van der Waals surface area (Å²) in [6.45, 7) is 0. The highest BCUT2D eigenvalue weighted by molar-refractivity contribution is 6.15. The SMILES string of the molecule is O=C1[C@H]2[C@H](Cc3ccccc3)N[C@]3(C(=O)Nc4ccccc43)[C@@H]2C(=O)N1C1CCCC1. The summed E-state index contributed by atoms with van der Waals surface area (Å²) < 4.78 is 0. The Kier molecular flexibility index (Phi) is 4.09. The summed E-state index contributed by atoms with van der Waals surface area (Å²) in [6, 6.07) is 17.2. The van der Waals surface area contributed by atoms with Gasteiger partial charge in [0.05, 0.1) is 11.8 Å². The Balaban J connectivity index is 1.47. The number of anilines is 1. The molecule has 2 aromatic rings. The lowest BCUT2D eigenvalue weighted by molar-refractivity contribution is -0.145. The largest absolute Gasteiger partial charge is 0.324 e. The predicted molar refractivity (Wildman–Crippen MR) is 115 cm³/mol. The Labute approximate surface area is 181 Å². The third-order valence-corrected chi connectivity index (χ3v) is 7.64. The minimum atomic E-state index is -1.19. The molecule has 0 bridgehead atoms. The third-order valence-electron chi connectivity index (χ3n) is 7.64. The zero-order chi connectivity index (χ0) is 21.2. The van der Waals surface area contributed by atoms with Gasteiger partial charge in [-0.2, -0.15) is 0 Å². The average Bonchev–Trinajstić information content (AvgIpc) is 3.52. The number of benzene rings is 2. The molecule has 2 aromatic carbocycles. The number of carbonyl (C=O) groups is 3. The van der Waals surface area contributed by atoms with Crippen LogP contribution in [0.3, 0.4) is 0 Å². The van der Waals surface area contributed by atoms with Crippen LogP contribution in [-0.2, 0) is 26.3 Å². The lowest BCUT2D eigenvalue weighted by atomic mass is 9.76. The molecule has 0 unspecified atom stereocenters. The summed E-state index contributed by atoms with van der Waals surface area (Å²) in [6.07, 6.45) is 4.40. The van der Waals surface area contributed by atoms with E-state index in [-0.39, 0.29) is 29.8 Å². The van der Waals surface area contributed by atoms with Crippen LogP contribution in [0.4, 0.5) is 5.69 Å². The van der Waals surface area contributed by atoms with E-state index in [1.807, 2.05) is 54.6 Å². The number of nitrogens with one attached hydrogen (secondary N) is 2. The molecular formula is C25H25N3O3. The standard InChI is InChI=1S/C25H25N3O3/c29-22-20-19(14-15-8-2-1-3-9-15)27-25(17-12-6-7-13-18(17)26-24(25)31)21(20)23(30)28(22)16-10-4-5-11-16/h1-3,6-9,12-13,16,19-21,27H,4-5,10-11,14H2,(H,26,31)/t19-,20-,21-,25-/m0/s1. The van der Waals surface area contributed by atoms with Crippen molar-refractivity contribution in [1.82, 2.24) is 10.2 Å². The number of para-hydroxylation sites is 1. The summed E-state index contributed by atoms with van der Waals surface area (Å²) in [5.41, 5.74) is 1.39. The van der Waals surface area contributed by atoms with E-state index in [1.165, 1.54) is 4.90 Å². The number of likely N-dealkylation sites (tertiary alicyclic amines) is 1. The molecule has 3 heterocycles. The van der Waals surface area contributed by atoms with Crippen molar-refractivity contribution in [2.75, 3.05) is 5.32 Å². The lowest BCUT2D eigenvalue weighted by Crippen LogP contribution is -2.54. The maximum atomic E-state index is 13.8. The van der Waals surface area contributed by atoms with Gasteiger partial charge in [0, 0.05) is 23.3 Å². The van der Waals surface area contributed by atoms with E-state index >= 15 is 0 Å². The molecule has 3 fully saturated rings. The number of hydrogen-bond acceptors (Lipinski definition) is 4. The second-order valence-electron chi connectivity index (χ2n) is 9.24. The van der Waals surface area contributed by atoms with Gasteiger partial charge in [-0.15, -0.1) is 0 Å². The fourth-order valence-corrected chi connectivity index (χ4v) is 6.35. The zero-order valence-electron chi connectivity index (χ0n) is 17.2. The van der Waals surface area contributed by atoms with Gasteiger partial charge in [-0.1, -0.05) is 61.4 Å². The van der Waals surface area contributed by atoms with Crippen molar-refractivity contribution in [2.24, 2.45) is 11.8 Å². The minimum absolute atomic E-state index is 0.0280. The normalized spacial score (nSPS) is 32.1. The summed E-state index contributed by atoms with van der Waals surface area (Å²) in [7, 11) is 0. The molecule has 2 N–H and O–H groups in total. The van der Waals surface area contributed by atoms with Gasteiger partial charge in [0.1, 0.15) is 5.54 Å². The summed E-state index contributed by atoms with van der Waals surface area (Å²) in [4.78, 5) is 42.4. The van der Waals surface area contributed by atoms with Crippen LogP contribution in [0.15, 0.2) is 54.6 Å². The highest BCUT2D eigenvalue weighted by Gasteiger charge is 2.70. The van der Waals surface area contributed by atoms with Crippen LogP contribution in [0.5, 0.6) is 0 Å². The second-order valence-corrected chi connectivity index (χ2v) is 9.24. The van der Waals surface area contributed by atoms with Gasteiger partial charge in [-0.3, -0.25) is 24.6 Å². The molecule has 4 aliphatic rings. The number of nitrogens with zero attached hydrogens (tertiary/aromatic N) is 1. The quantitative estimate of drug-likeness (QED) is 0.756. The molecule has 6 rings (SSSR count). The Morgan fingerprint density at radius 1 is 0.903 bits per heavy atom. The number of rotatable bonds is 3. The Morgan fingerprint density at radius 3 is 2.39 bits per heavy atom. The molecule has 0 radical (unpaired) electrons. The van der Waals surface area contributed by atoms with Crippen molar-refractivity contribution in [3.63, 3.8) is 0 Å². The van der Waals surface area contributed by atoms with E-state index in [0.717, 1.165) is 42.5 Å². The van der Waals surface area contributed by atoms with E-state index in [0.29, 0.717) is 6.42 Å². The fraction of sp³-hybridized carbons (Fsp3) is 0.400. The van der Waals surface area contributed by atoms with E-state index < -0.39 is 17.4 Å². The molecule has 1 saturated carbocycles. The van der Waals surface area contributed by atoms with Crippen LogP contribution >= 0.6 is 0 Å². The zero-order valence-corrected chi connectivity index (χ0v) is 17.2. The summed E-state index contributed by atoms with van der Waals surface area (Å²) >= 11 is 0. The molecule has 1 aliphatic carbocycles.